The molecule has 0 unspecified atom stereocenters. The number of benzene rings is 1. The quantitative estimate of drug-likeness (QED) is 0.613. The average Bonchev–Trinajstić information content (AvgIpc) is 2.66. The molecule has 2 aromatic rings. The normalized spacial score (nSPS) is 14.8. The zero-order valence-electron chi connectivity index (χ0n) is 13.9. The minimum atomic E-state index is -0.655. The van der Waals surface area contributed by atoms with E-state index in [0.717, 1.165) is 12.1 Å². The lowest BCUT2D eigenvalue weighted by molar-refractivity contribution is 0.0696. The Kier molecular flexibility index (Phi) is 4.92. The van der Waals surface area contributed by atoms with Gasteiger partial charge in [0, 0.05) is 30.9 Å². The highest BCUT2D eigenvalue weighted by Crippen LogP contribution is 2.35. The number of carbonyl (C=O) groups is 2. The number of phenols is 3. The van der Waals surface area contributed by atoms with Crippen LogP contribution in [0.3, 0.4) is 0 Å². The zero-order chi connectivity index (χ0) is 18.7. The number of hydrogen-bond donors (Lipinski definition) is 4. The van der Waals surface area contributed by atoms with Crippen molar-refractivity contribution in [2.75, 3.05) is 13.1 Å². The Balaban J connectivity index is 1.58. The Morgan fingerprint density at radius 3 is 2.31 bits per heavy atom. The molecule has 8 nitrogen and oxygen atoms in total. The molecule has 1 aliphatic heterocycles. The van der Waals surface area contributed by atoms with Gasteiger partial charge in [0.05, 0.1) is 0 Å². The molecule has 8 heteroatoms. The lowest BCUT2D eigenvalue weighted by Crippen LogP contribution is -2.46. The van der Waals surface area contributed by atoms with Crippen molar-refractivity contribution in [2.24, 2.45) is 0 Å². The van der Waals surface area contributed by atoms with Crippen molar-refractivity contribution in [3.05, 3.63) is 47.8 Å². The van der Waals surface area contributed by atoms with Crippen LogP contribution in [0.5, 0.6) is 17.2 Å². The van der Waals surface area contributed by atoms with Gasteiger partial charge in [-0.2, -0.15) is 0 Å². The van der Waals surface area contributed by atoms with E-state index in [9.17, 15) is 24.9 Å². The molecule has 1 aromatic carbocycles. The van der Waals surface area contributed by atoms with E-state index in [1.165, 1.54) is 0 Å². The molecule has 0 atom stereocenters. The second-order valence-corrected chi connectivity index (χ2v) is 6.12. The van der Waals surface area contributed by atoms with Crippen LogP contribution in [0.25, 0.3) is 0 Å². The molecule has 26 heavy (non-hydrogen) atoms. The van der Waals surface area contributed by atoms with Gasteiger partial charge in [0.15, 0.2) is 17.2 Å². The third kappa shape index (κ3) is 3.69. The van der Waals surface area contributed by atoms with Crippen LogP contribution in [-0.4, -0.2) is 56.1 Å². The molecule has 1 aliphatic rings. The first-order valence-electron chi connectivity index (χ1n) is 8.22. The topological polar surface area (TPSA) is 123 Å². The van der Waals surface area contributed by atoms with E-state index in [0.29, 0.717) is 31.6 Å². The summed E-state index contributed by atoms with van der Waals surface area (Å²) in [5, 5.41) is 31.4. The second-order valence-electron chi connectivity index (χ2n) is 6.12. The third-order valence-electron chi connectivity index (χ3n) is 4.33. The fourth-order valence-electron chi connectivity index (χ4n) is 2.89. The number of nitrogens with one attached hydrogen (secondary N) is 1. The van der Waals surface area contributed by atoms with Gasteiger partial charge in [-0.3, -0.25) is 14.6 Å². The van der Waals surface area contributed by atoms with Crippen molar-refractivity contribution >= 4 is 11.8 Å². The number of pyridine rings is 1. The van der Waals surface area contributed by atoms with Crippen LogP contribution in [-0.2, 0) is 0 Å². The lowest BCUT2D eigenvalue weighted by Gasteiger charge is -2.32. The van der Waals surface area contributed by atoms with E-state index < -0.39 is 17.2 Å². The van der Waals surface area contributed by atoms with E-state index in [4.69, 9.17) is 0 Å². The number of nitrogens with zero attached hydrogens (tertiary/aromatic N) is 2. The molecule has 2 heterocycles. The predicted molar refractivity (Wildman–Crippen MR) is 92.1 cm³/mol. The van der Waals surface area contributed by atoms with Gasteiger partial charge in [-0.1, -0.05) is 6.07 Å². The van der Waals surface area contributed by atoms with Crippen molar-refractivity contribution < 1.29 is 24.9 Å². The Morgan fingerprint density at radius 1 is 1.08 bits per heavy atom. The first kappa shape index (κ1) is 17.5. The zero-order valence-corrected chi connectivity index (χ0v) is 13.9. The molecule has 1 fully saturated rings. The molecular formula is C18H19N3O5. The standard InChI is InChI=1S/C18H19N3O5/c22-14-9-11(10-15(23)16(14)24)18(26)21-7-4-12(5-8-21)20-17(25)13-3-1-2-6-19-13/h1-3,6,9-10,12,22-24H,4-5,7-8H2,(H,20,25). The van der Waals surface area contributed by atoms with Gasteiger partial charge in [-0.05, 0) is 37.1 Å². The van der Waals surface area contributed by atoms with Crippen LogP contribution in [0.4, 0.5) is 0 Å². The van der Waals surface area contributed by atoms with Gasteiger partial charge in [-0.15, -0.1) is 0 Å². The predicted octanol–water partition coefficient (Wildman–Crippen LogP) is 1.23. The summed E-state index contributed by atoms with van der Waals surface area (Å²) >= 11 is 0. The summed E-state index contributed by atoms with van der Waals surface area (Å²) < 4.78 is 0. The van der Waals surface area contributed by atoms with Gasteiger partial charge < -0.3 is 25.5 Å². The van der Waals surface area contributed by atoms with E-state index in [1.807, 2.05) is 0 Å². The Hall–Kier alpha value is -3.29. The van der Waals surface area contributed by atoms with Crippen LogP contribution < -0.4 is 5.32 Å². The van der Waals surface area contributed by atoms with Crippen molar-refractivity contribution in [2.45, 2.75) is 18.9 Å². The minimum absolute atomic E-state index is 0.0600. The van der Waals surface area contributed by atoms with Crippen LogP contribution in [0.15, 0.2) is 36.5 Å². The number of aromatic hydroxyl groups is 3. The lowest BCUT2D eigenvalue weighted by atomic mass is 10.0. The molecule has 0 spiro atoms. The minimum Gasteiger partial charge on any atom is -0.504 e. The molecule has 0 saturated carbocycles. The van der Waals surface area contributed by atoms with Crippen molar-refractivity contribution in [3.63, 3.8) is 0 Å². The largest absolute Gasteiger partial charge is 0.504 e. The summed E-state index contributed by atoms with van der Waals surface area (Å²) in [6.07, 6.45) is 2.72. The van der Waals surface area contributed by atoms with E-state index in [2.05, 4.69) is 10.3 Å². The van der Waals surface area contributed by atoms with Gasteiger partial charge >= 0.3 is 0 Å². The Labute approximate surface area is 149 Å². The van der Waals surface area contributed by atoms with Crippen LogP contribution in [0.1, 0.15) is 33.7 Å². The first-order valence-corrected chi connectivity index (χ1v) is 8.22. The summed E-state index contributed by atoms with van der Waals surface area (Å²) in [6.45, 7) is 0.850. The van der Waals surface area contributed by atoms with Crippen molar-refractivity contribution in [1.29, 1.82) is 0 Å². The van der Waals surface area contributed by atoms with Crippen molar-refractivity contribution in [3.8, 4) is 17.2 Å². The first-order chi connectivity index (χ1) is 12.5. The van der Waals surface area contributed by atoms with Crippen molar-refractivity contribution in [1.82, 2.24) is 15.2 Å². The third-order valence-corrected chi connectivity index (χ3v) is 4.33. The molecule has 0 bridgehead atoms. The number of likely N-dealkylation sites (tertiary alicyclic amines) is 1. The molecule has 4 N–H and O–H groups in total. The molecule has 2 amide bonds. The number of hydrogen-bond acceptors (Lipinski definition) is 6. The average molecular weight is 357 g/mol. The Bertz CT molecular complexity index is 794. The second kappa shape index (κ2) is 7.30. The maximum absolute atomic E-state index is 12.5. The highest BCUT2D eigenvalue weighted by Gasteiger charge is 2.26. The summed E-state index contributed by atoms with van der Waals surface area (Å²) in [6, 6.07) is 7.29. The smallest absolute Gasteiger partial charge is 0.270 e. The molecular weight excluding hydrogens is 338 g/mol. The number of rotatable bonds is 3. The molecule has 1 saturated heterocycles. The van der Waals surface area contributed by atoms with Crippen LogP contribution in [0, 0.1) is 0 Å². The molecule has 0 aliphatic carbocycles. The monoisotopic (exact) mass is 357 g/mol. The van der Waals surface area contributed by atoms with Crippen LogP contribution >= 0.6 is 0 Å². The van der Waals surface area contributed by atoms with Gasteiger partial charge in [0.25, 0.3) is 11.8 Å². The van der Waals surface area contributed by atoms with Gasteiger partial charge in [0.1, 0.15) is 5.69 Å². The molecule has 1 aromatic heterocycles. The van der Waals surface area contributed by atoms with Gasteiger partial charge in [0.2, 0.25) is 0 Å². The molecule has 0 radical (unpaired) electrons. The number of amides is 2. The highest BCUT2D eigenvalue weighted by molar-refractivity contribution is 5.95. The fraction of sp³-hybridized carbons (Fsp3) is 0.278. The SMILES string of the molecule is O=C(NC1CCN(C(=O)c2cc(O)c(O)c(O)c2)CC1)c1ccccn1. The highest BCUT2D eigenvalue weighted by atomic mass is 16.3. The van der Waals surface area contributed by atoms with E-state index >= 15 is 0 Å². The Morgan fingerprint density at radius 2 is 1.73 bits per heavy atom. The summed E-state index contributed by atoms with van der Waals surface area (Å²) in [4.78, 5) is 30.2. The number of carbonyl (C=O) groups excluding carboxylic acids is 2. The molecule has 136 valence electrons. The fourth-order valence-corrected chi connectivity index (χ4v) is 2.89. The number of aromatic nitrogens is 1. The summed E-state index contributed by atoms with van der Waals surface area (Å²) in [5.74, 6) is -2.36. The van der Waals surface area contributed by atoms with E-state index in [-0.39, 0.29) is 23.4 Å². The number of piperidine rings is 1. The van der Waals surface area contributed by atoms with E-state index in [1.54, 1.807) is 29.3 Å². The number of phenolic OH excluding ortho intramolecular Hbond substituents is 3. The summed E-state index contributed by atoms with van der Waals surface area (Å²) in [5.41, 5.74) is 0.440. The van der Waals surface area contributed by atoms with Crippen LogP contribution in [0.2, 0.25) is 0 Å². The van der Waals surface area contributed by atoms with Gasteiger partial charge in [-0.25, -0.2) is 0 Å². The maximum Gasteiger partial charge on any atom is 0.270 e. The molecule has 3 rings (SSSR count). The summed E-state index contributed by atoms with van der Waals surface area (Å²) in [7, 11) is 0. The maximum atomic E-state index is 12.5.